The molecule has 0 bridgehead atoms. The Balaban J connectivity index is 4.04. The molecule has 0 aromatic carbocycles. The second-order valence-corrected chi connectivity index (χ2v) is 2.55. The monoisotopic (exact) mass is 128 g/mol. The summed E-state index contributed by atoms with van der Waals surface area (Å²) in [6, 6.07) is 2.51. The fourth-order valence-corrected chi connectivity index (χ4v) is 0.216. The van der Waals surface area contributed by atoms with Gasteiger partial charge in [0.2, 0.25) is 0 Å². The third-order valence-electron chi connectivity index (χ3n) is 0.498. The number of aliphatic carboxylic acids is 1. The van der Waals surface area contributed by atoms with Gasteiger partial charge >= 0.3 is 5.97 Å². The van der Waals surface area contributed by atoms with E-state index >= 15 is 0 Å². The highest BCUT2D eigenvalue weighted by atomic mass is 16.4. The van der Waals surface area contributed by atoms with E-state index in [1.807, 2.05) is 5.92 Å². The van der Waals surface area contributed by atoms with E-state index in [9.17, 15) is 4.79 Å². The molecule has 0 unspecified atom stereocenters. The molecule has 0 radical (unpaired) electrons. The van der Waals surface area contributed by atoms with Crippen molar-refractivity contribution in [1.82, 2.24) is 0 Å². The Hall–Kier alpha value is -1.01. The quantitative estimate of drug-likeness (QED) is 0.360. The lowest BCUT2D eigenvalue weighted by molar-refractivity contribution is -0.800. The topological polar surface area (TPSA) is 37.3 Å². The van der Waals surface area contributed by atoms with Crippen LogP contribution in [0.3, 0.4) is 0 Å². The first kappa shape index (κ1) is 7.99. The van der Waals surface area contributed by atoms with Crippen molar-refractivity contribution in [1.29, 1.82) is 0 Å². The maximum Gasteiger partial charge on any atom is 0.387 e. The molecule has 0 aliphatic carbocycles. The number of rotatable bonds is 0. The summed E-state index contributed by atoms with van der Waals surface area (Å²) in [5, 5.41) is 8.09. The van der Waals surface area contributed by atoms with Gasteiger partial charge in [0, 0.05) is 0 Å². The molecular formula is C6H10NO2+. The summed E-state index contributed by atoms with van der Waals surface area (Å²) >= 11 is 0. The normalized spacial score (nSPS) is 9.67. The average molecular weight is 128 g/mol. The fraction of sp³-hybridized carbons (Fsp3) is 0.500. The van der Waals surface area contributed by atoms with Gasteiger partial charge in [-0.25, -0.2) is 4.79 Å². The lowest BCUT2D eigenvalue weighted by Gasteiger charge is -2.11. The maximum atomic E-state index is 9.86. The second kappa shape index (κ2) is 2.51. The van der Waals surface area contributed by atoms with Crippen molar-refractivity contribution in [2.24, 2.45) is 0 Å². The average Bonchev–Trinajstić information content (AvgIpc) is 1.59. The van der Waals surface area contributed by atoms with E-state index in [-0.39, 0.29) is 0 Å². The van der Waals surface area contributed by atoms with Crippen molar-refractivity contribution >= 4 is 5.97 Å². The number of carbonyl (C=O) groups is 1. The first-order valence-electron chi connectivity index (χ1n) is 2.49. The highest BCUT2D eigenvalue weighted by molar-refractivity contribution is 5.86. The number of hydrogen-bond acceptors (Lipinski definition) is 1. The highest BCUT2D eigenvalue weighted by Gasteiger charge is 2.00. The Morgan fingerprint density at radius 3 is 2.00 bits per heavy atom. The van der Waals surface area contributed by atoms with E-state index in [1.54, 1.807) is 21.1 Å². The molecule has 3 heteroatoms. The van der Waals surface area contributed by atoms with E-state index in [1.165, 1.54) is 0 Å². The van der Waals surface area contributed by atoms with Crippen LogP contribution in [0.2, 0.25) is 0 Å². The molecule has 50 valence electrons. The van der Waals surface area contributed by atoms with Crippen LogP contribution in [0, 0.1) is 12.0 Å². The summed E-state index contributed by atoms with van der Waals surface area (Å²) in [5.74, 6) is 0.944. The maximum absolute atomic E-state index is 9.86. The van der Waals surface area contributed by atoms with Crippen LogP contribution in [0.25, 0.3) is 0 Å². The van der Waals surface area contributed by atoms with Gasteiger partial charge in [-0.3, -0.25) is 4.48 Å². The van der Waals surface area contributed by atoms with E-state index in [2.05, 4.69) is 6.04 Å². The van der Waals surface area contributed by atoms with E-state index in [4.69, 9.17) is 5.11 Å². The Kier molecular flexibility index (Phi) is 2.23. The minimum absolute atomic E-state index is 0.353. The Morgan fingerprint density at radius 1 is 1.44 bits per heavy atom. The molecule has 0 spiro atoms. The van der Waals surface area contributed by atoms with E-state index in [0.29, 0.717) is 4.48 Å². The second-order valence-electron chi connectivity index (χ2n) is 2.55. The molecule has 0 rings (SSSR count). The van der Waals surface area contributed by atoms with Gasteiger partial charge in [-0.05, 0) is 0 Å². The number of quaternary nitrogens is 1. The van der Waals surface area contributed by atoms with Crippen LogP contribution in [0.4, 0.5) is 0 Å². The van der Waals surface area contributed by atoms with Crippen LogP contribution >= 0.6 is 0 Å². The predicted octanol–water partition coefficient (Wildman–Crippen LogP) is -0.262. The molecule has 3 nitrogen and oxygen atoms in total. The molecule has 0 amide bonds. The van der Waals surface area contributed by atoms with Crippen LogP contribution in [0.15, 0.2) is 0 Å². The number of carboxylic acid groups (broad SMARTS) is 1. The number of nitrogens with zero attached hydrogens (tertiary/aromatic N) is 1. The summed E-state index contributed by atoms with van der Waals surface area (Å²) in [5.41, 5.74) is 0. The Morgan fingerprint density at radius 2 is 1.89 bits per heavy atom. The van der Waals surface area contributed by atoms with Crippen molar-refractivity contribution < 1.29 is 14.4 Å². The van der Waals surface area contributed by atoms with Crippen molar-refractivity contribution in [2.75, 3.05) is 21.1 Å². The SMILES string of the molecule is C[N+](C)(C)C#CC(=O)O. The largest absolute Gasteiger partial charge is 0.471 e. The van der Waals surface area contributed by atoms with Gasteiger partial charge in [0.25, 0.3) is 0 Å². The first-order valence-corrected chi connectivity index (χ1v) is 2.49. The van der Waals surface area contributed by atoms with Crippen LogP contribution in [0.1, 0.15) is 0 Å². The summed E-state index contributed by atoms with van der Waals surface area (Å²) in [6.45, 7) is 0. The van der Waals surface area contributed by atoms with Crippen molar-refractivity contribution in [3.63, 3.8) is 0 Å². The zero-order chi connectivity index (χ0) is 7.49. The van der Waals surface area contributed by atoms with Gasteiger partial charge in [-0.15, -0.1) is 0 Å². The molecule has 0 fully saturated rings. The fourth-order valence-electron chi connectivity index (χ4n) is 0.216. The molecule has 0 aliphatic heterocycles. The van der Waals surface area contributed by atoms with Gasteiger partial charge in [0.15, 0.2) is 0 Å². The molecule has 0 aromatic heterocycles. The first-order chi connectivity index (χ1) is 3.92. The molecule has 0 aliphatic rings. The van der Waals surface area contributed by atoms with Crippen LogP contribution in [0.5, 0.6) is 0 Å². The van der Waals surface area contributed by atoms with Crippen LogP contribution in [-0.2, 0) is 4.79 Å². The Bertz CT molecular complexity index is 168. The minimum atomic E-state index is -1.08. The molecular weight excluding hydrogens is 118 g/mol. The smallest absolute Gasteiger partial charge is 0.387 e. The molecule has 9 heavy (non-hydrogen) atoms. The number of hydrogen-bond donors (Lipinski definition) is 1. The minimum Gasteiger partial charge on any atom is -0.471 e. The Labute approximate surface area is 54.5 Å². The zero-order valence-electron chi connectivity index (χ0n) is 5.80. The standard InChI is InChI=1S/C6H9NO2/c1-7(2,3)5-4-6(8)9/h1-3H3/p+1. The van der Waals surface area contributed by atoms with Gasteiger partial charge < -0.3 is 5.11 Å². The van der Waals surface area contributed by atoms with Gasteiger partial charge in [-0.2, -0.15) is 0 Å². The molecule has 0 saturated heterocycles. The molecule has 0 aromatic rings. The summed E-state index contributed by atoms with van der Waals surface area (Å²) in [4.78, 5) is 9.86. The summed E-state index contributed by atoms with van der Waals surface area (Å²) < 4.78 is 0.353. The zero-order valence-corrected chi connectivity index (χ0v) is 5.80. The van der Waals surface area contributed by atoms with Crippen molar-refractivity contribution in [3.05, 3.63) is 0 Å². The van der Waals surface area contributed by atoms with E-state index < -0.39 is 5.97 Å². The molecule has 0 heterocycles. The van der Waals surface area contributed by atoms with Gasteiger partial charge in [0.05, 0.1) is 27.1 Å². The molecule has 1 N–H and O–H groups in total. The highest BCUT2D eigenvalue weighted by Crippen LogP contribution is 1.82. The van der Waals surface area contributed by atoms with E-state index in [0.717, 1.165) is 0 Å². The van der Waals surface area contributed by atoms with Crippen molar-refractivity contribution in [2.45, 2.75) is 0 Å². The summed E-state index contributed by atoms with van der Waals surface area (Å²) in [7, 11) is 5.40. The molecule has 0 saturated carbocycles. The lowest BCUT2D eigenvalue weighted by Crippen LogP contribution is -2.27. The van der Waals surface area contributed by atoms with Crippen molar-refractivity contribution in [3.8, 4) is 12.0 Å². The molecule has 0 atom stereocenters. The third kappa shape index (κ3) is 6.99. The summed E-state index contributed by atoms with van der Waals surface area (Å²) in [6.07, 6.45) is 0. The third-order valence-corrected chi connectivity index (χ3v) is 0.498. The predicted molar refractivity (Wildman–Crippen MR) is 33.4 cm³/mol. The lowest BCUT2D eigenvalue weighted by atomic mass is 10.6. The van der Waals surface area contributed by atoms with Gasteiger partial charge in [-0.1, -0.05) is 0 Å². The van der Waals surface area contributed by atoms with Crippen LogP contribution in [-0.4, -0.2) is 36.7 Å². The van der Waals surface area contributed by atoms with Gasteiger partial charge in [0.1, 0.15) is 6.04 Å². The van der Waals surface area contributed by atoms with Crippen LogP contribution < -0.4 is 0 Å². The number of carboxylic acids is 1.